The molecule has 0 spiro atoms. The van der Waals surface area contributed by atoms with Crippen LogP contribution in [0.5, 0.6) is 0 Å². The number of ether oxygens (including phenoxy) is 1. The van der Waals surface area contributed by atoms with Gasteiger partial charge in [-0.3, -0.25) is 0 Å². The van der Waals surface area contributed by atoms with Gasteiger partial charge in [0.1, 0.15) is 0 Å². The summed E-state index contributed by atoms with van der Waals surface area (Å²) in [4.78, 5) is 11.0. The zero-order valence-electron chi connectivity index (χ0n) is 8.25. The summed E-state index contributed by atoms with van der Waals surface area (Å²) in [5, 5.41) is 0. The van der Waals surface area contributed by atoms with E-state index in [2.05, 4.69) is 12.6 Å². The zero-order chi connectivity index (χ0) is 10.4. The third-order valence-electron chi connectivity index (χ3n) is 1.76. The summed E-state index contributed by atoms with van der Waals surface area (Å²) < 4.78 is 4.96. The number of carbonyl (C=O) groups is 1. The first-order valence-electron chi connectivity index (χ1n) is 4.48. The van der Waals surface area contributed by atoms with Gasteiger partial charge in [-0.15, -0.1) is 0 Å². The highest BCUT2D eigenvalue weighted by Gasteiger charge is 2.01. The van der Waals surface area contributed by atoms with Gasteiger partial charge < -0.3 is 4.74 Å². The highest BCUT2D eigenvalue weighted by molar-refractivity contribution is 5.86. The van der Waals surface area contributed by atoms with Crippen molar-refractivity contribution in [2.24, 2.45) is 0 Å². The summed E-state index contributed by atoms with van der Waals surface area (Å²) in [6.07, 6.45) is 0.730. The fourth-order valence-electron chi connectivity index (χ4n) is 0.973. The molecule has 0 atom stereocenters. The van der Waals surface area contributed by atoms with E-state index in [1.807, 2.05) is 24.3 Å². The zero-order valence-corrected chi connectivity index (χ0v) is 8.25. The van der Waals surface area contributed by atoms with Crippen molar-refractivity contribution in [3.63, 3.8) is 0 Å². The number of hydrogen-bond donors (Lipinski definition) is 0. The molecule has 1 rings (SSSR count). The first-order chi connectivity index (χ1) is 6.70. The summed E-state index contributed by atoms with van der Waals surface area (Å²) >= 11 is 0. The molecular weight excluding hydrogens is 176 g/mol. The van der Waals surface area contributed by atoms with Gasteiger partial charge in [-0.2, -0.15) is 0 Å². The third-order valence-corrected chi connectivity index (χ3v) is 1.76. The van der Waals surface area contributed by atoms with Gasteiger partial charge in [0.05, 0.1) is 6.61 Å². The van der Waals surface area contributed by atoms with E-state index in [4.69, 9.17) is 4.74 Å². The molecule has 0 saturated heterocycles. The summed E-state index contributed by atoms with van der Waals surface area (Å²) in [5.41, 5.74) is 1.57. The maximum Gasteiger partial charge on any atom is 0.333 e. The normalized spacial score (nSPS) is 9.50. The highest BCUT2D eigenvalue weighted by atomic mass is 16.5. The van der Waals surface area contributed by atoms with Gasteiger partial charge in [-0.05, 0) is 18.6 Å². The van der Waals surface area contributed by atoms with Gasteiger partial charge in [0.25, 0.3) is 0 Å². The molecular formula is C12H13O2. The number of rotatable bonds is 4. The molecule has 0 aliphatic carbocycles. The van der Waals surface area contributed by atoms with Gasteiger partial charge >= 0.3 is 5.97 Å². The minimum Gasteiger partial charge on any atom is -0.462 e. The molecule has 0 saturated carbocycles. The van der Waals surface area contributed by atoms with Crippen LogP contribution < -0.4 is 0 Å². The van der Waals surface area contributed by atoms with Crippen LogP contribution in [-0.2, 0) is 16.0 Å². The number of hydrogen-bond acceptors (Lipinski definition) is 2. The van der Waals surface area contributed by atoms with Crippen molar-refractivity contribution in [1.29, 1.82) is 0 Å². The van der Waals surface area contributed by atoms with Crippen molar-refractivity contribution in [3.8, 4) is 0 Å². The van der Waals surface area contributed by atoms with Gasteiger partial charge in [0, 0.05) is 12.0 Å². The van der Waals surface area contributed by atoms with Gasteiger partial charge in [0.15, 0.2) is 0 Å². The van der Waals surface area contributed by atoms with E-state index in [9.17, 15) is 4.79 Å². The largest absolute Gasteiger partial charge is 0.462 e. The van der Waals surface area contributed by atoms with E-state index in [1.165, 1.54) is 0 Å². The maximum atomic E-state index is 11.0. The number of esters is 1. The molecule has 2 nitrogen and oxygen atoms in total. The van der Waals surface area contributed by atoms with Gasteiger partial charge in [0.2, 0.25) is 0 Å². The fourth-order valence-corrected chi connectivity index (χ4v) is 0.973. The van der Waals surface area contributed by atoms with Crippen LogP contribution in [0, 0.1) is 6.07 Å². The Kier molecular flexibility index (Phi) is 3.92. The first kappa shape index (κ1) is 10.5. The molecule has 0 heterocycles. The van der Waals surface area contributed by atoms with Crippen LogP contribution >= 0.6 is 0 Å². The van der Waals surface area contributed by atoms with E-state index >= 15 is 0 Å². The van der Waals surface area contributed by atoms with Crippen molar-refractivity contribution in [2.75, 3.05) is 6.61 Å². The van der Waals surface area contributed by atoms with Crippen LogP contribution in [0.4, 0.5) is 0 Å². The van der Waals surface area contributed by atoms with Crippen molar-refractivity contribution in [1.82, 2.24) is 0 Å². The van der Waals surface area contributed by atoms with Gasteiger partial charge in [-0.25, -0.2) is 4.79 Å². The Morgan fingerprint density at radius 1 is 1.50 bits per heavy atom. The Morgan fingerprint density at radius 3 is 2.71 bits per heavy atom. The molecule has 1 aromatic rings. The molecule has 0 N–H and O–H groups in total. The minimum absolute atomic E-state index is 0.326. The lowest BCUT2D eigenvalue weighted by molar-refractivity contribution is -0.138. The summed E-state index contributed by atoms with van der Waals surface area (Å²) in [5.74, 6) is -0.326. The molecule has 1 radical (unpaired) electrons. The van der Waals surface area contributed by atoms with E-state index in [0.717, 1.165) is 12.0 Å². The average Bonchev–Trinajstić information content (AvgIpc) is 2.19. The second kappa shape index (κ2) is 5.22. The molecule has 0 bridgehead atoms. The Hall–Kier alpha value is -1.57. The maximum absolute atomic E-state index is 11.0. The number of carbonyl (C=O) groups excluding carboxylic acids is 1. The van der Waals surface area contributed by atoms with Crippen molar-refractivity contribution >= 4 is 5.97 Å². The second-order valence-corrected chi connectivity index (χ2v) is 3.07. The van der Waals surface area contributed by atoms with Crippen LogP contribution in [0.2, 0.25) is 0 Å². The Balaban J connectivity index is 2.29. The summed E-state index contributed by atoms with van der Waals surface area (Å²) in [6.45, 7) is 5.54. The van der Waals surface area contributed by atoms with Crippen molar-refractivity contribution in [3.05, 3.63) is 48.0 Å². The molecule has 1 aromatic carbocycles. The van der Waals surface area contributed by atoms with Crippen molar-refractivity contribution in [2.45, 2.75) is 13.3 Å². The quantitative estimate of drug-likeness (QED) is 0.536. The lowest BCUT2D eigenvalue weighted by Gasteiger charge is -2.03. The molecule has 0 aromatic heterocycles. The smallest absolute Gasteiger partial charge is 0.333 e. The molecule has 0 aliphatic rings. The van der Waals surface area contributed by atoms with Crippen molar-refractivity contribution < 1.29 is 9.53 Å². The van der Waals surface area contributed by atoms with Crippen LogP contribution in [0.3, 0.4) is 0 Å². The Labute approximate surface area is 84.2 Å². The van der Waals surface area contributed by atoms with Crippen LogP contribution in [0.25, 0.3) is 0 Å². The van der Waals surface area contributed by atoms with E-state index in [-0.39, 0.29) is 5.97 Å². The Bertz CT molecular complexity index is 314. The second-order valence-electron chi connectivity index (χ2n) is 3.07. The first-order valence-corrected chi connectivity index (χ1v) is 4.48. The van der Waals surface area contributed by atoms with Crippen LogP contribution in [0.1, 0.15) is 12.5 Å². The molecule has 2 heteroatoms. The third kappa shape index (κ3) is 3.44. The predicted octanol–water partition coefficient (Wildman–Crippen LogP) is 2.15. The van der Waals surface area contributed by atoms with E-state index in [1.54, 1.807) is 6.92 Å². The SMILES string of the molecule is C=C(C)C(=O)OCCc1cc[c]cc1. The summed E-state index contributed by atoms with van der Waals surface area (Å²) in [6, 6.07) is 10.5. The van der Waals surface area contributed by atoms with Crippen LogP contribution in [-0.4, -0.2) is 12.6 Å². The predicted molar refractivity (Wildman–Crippen MR) is 54.8 cm³/mol. The molecule has 0 aliphatic heterocycles. The van der Waals surface area contributed by atoms with Crippen LogP contribution in [0.15, 0.2) is 36.4 Å². The monoisotopic (exact) mass is 189 g/mol. The molecule has 14 heavy (non-hydrogen) atoms. The minimum atomic E-state index is -0.326. The molecule has 73 valence electrons. The standard InChI is InChI=1S/C12H13O2/c1-10(2)12(13)14-9-8-11-6-4-3-5-7-11/h4-7H,1,8-9H2,2H3. The average molecular weight is 189 g/mol. The highest BCUT2D eigenvalue weighted by Crippen LogP contribution is 2.00. The summed E-state index contributed by atoms with van der Waals surface area (Å²) in [7, 11) is 0. The lowest BCUT2D eigenvalue weighted by atomic mass is 10.2. The van der Waals surface area contributed by atoms with Gasteiger partial charge in [-0.1, -0.05) is 30.8 Å². The van der Waals surface area contributed by atoms with E-state index < -0.39 is 0 Å². The van der Waals surface area contributed by atoms with E-state index in [0.29, 0.717) is 12.2 Å². The fraction of sp³-hybridized carbons (Fsp3) is 0.250. The topological polar surface area (TPSA) is 26.3 Å². The lowest BCUT2D eigenvalue weighted by Crippen LogP contribution is -2.07. The molecule has 0 amide bonds. The Morgan fingerprint density at radius 2 is 2.14 bits per heavy atom. The molecule has 0 fully saturated rings. The number of benzene rings is 1. The molecule has 0 unspecified atom stereocenters.